The van der Waals surface area contributed by atoms with Crippen LogP contribution < -0.4 is 4.90 Å². The van der Waals surface area contributed by atoms with Gasteiger partial charge >= 0.3 is 0 Å². The number of fused-ring (bicyclic) bond motifs is 3. The monoisotopic (exact) mass is 731 g/mol. The van der Waals surface area contributed by atoms with E-state index in [2.05, 4.69) is 229 Å². The highest BCUT2D eigenvalue weighted by Crippen LogP contribution is 2.43. The van der Waals surface area contributed by atoms with Crippen LogP contribution in [0.3, 0.4) is 0 Å². The third-order valence-electron chi connectivity index (χ3n) is 10.6. The highest BCUT2D eigenvalue weighted by atomic mass is 32.1. The zero-order valence-electron chi connectivity index (χ0n) is 30.7. The molecule has 10 aromatic rings. The average Bonchev–Trinajstić information content (AvgIpc) is 3.66. The van der Waals surface area contributed by atoms with Crippen molar-refractivity contribution in [3.63, 3.8) is 0 Å². The van der Waals surface area contributed by atoms with Crippen molar-refractivity contribution in [3.05, 3.63) is 224 Å². The fourth-order valence-corrected chi connectivity index (χ4v) is 8.91. The van der Waals surface area contributed by atoms with Gasteiger partial charge in [0.15, 0.2) is 0 Å². The maximum atomic E-state index is 2.43. The molecule has 0 fully saturated rings. The van der Waals surface area contributed by atoms with Crippen molar-refractivity contribution in [1.29, 1.82) is 0 Å². The molecule has 0 spiro atoms. The summed E-state index contributed by atoms with van der Waals surface area (Å²) in [4.78, 5) is 2.43. The summed E-state index contributed by atoms with van der Waals surface area (Å²) in [5, 5.41) is 2.63. The van der Waals surface area contributed by atoms with Gasteiger partial charge in [0.2, 0.25) is 0 Å². The number of hydrogen-bond acceptors (Lipinski definition) is 2. The second-order valence-electron chi connectivity index (χ2n) is 14.2. The van der Waals surface area contributed by atoms with Crippen molar-refractivity contribution < 1.29 is 0 Å². The van der Waals surface area contributed by atoms with E-state index in [-0.39, 0.29) is 0 Å². The van der Waals surface area contributed by atoms with E-state index >= 15 is 0 Å². The predicted molar refractivity (Wildman–Crippen MR) is 241 cm³/mol. The van der Waals surface area contributed by atoms with Gasteiger partial charge in [-0.2, -0.15) is 0 Å². The molecule has 1 aromatic heterocycles. The first-order valence-electron chi connectivity index (χ1n) is 19.1. The normalized spacial score (nSPS) is 11.2. The van der Waals surface area contributed by atoms with Crippen LogP contribution >= 0.6 is 11.3 Å². The predicted octanol–water partition coefficient (Wildman–Crippen LogP) is 15.9. The van der Waals surface area contributed by atoms with Crippen LogP contribution in [0.15, 0.2) is 224 Å². The maximum absolute atomic E-state index is 2.43. The number of benzene rings is 9. The summed E-state index contributed by atoms with van der Waals surface area (Å²) in [5.74, 6) is 0. The fraction of sp³-hybridized carbons (Fsp3) is 0. The lowest BCUT2D eigenvalue weighted by molar-refractivity contribution is 1.28. The number of rotatable bonds is 8. The molecule has 2 heteroatoms. The van der Waals surface area contributed by atoms with Gasteiger partial charge in [-0.25, -0.2) is 0 Å². The van der Waals surface area contributed by atoms with Crippen molar-refractivity contribution in [2.24, 2.45) is 0 Å². The molecule has 0 bridgehead atoms. The van der Waals surface area contributed by atoms with Crippen molar-refractivity contribution in [3.8, 4) is 55.6 Å². The Kier molecular flexibility index (Phi) is 8.79. The molecule has 56 heavy (non-hydrogen) atoms. The lowest BCUT2D eigenvalue weighted by atomic mass is 9.95. The Labute approximate surface area is 332 Å². The lowest BCUT2D eigenvalue weighted by Gasteiger charge is -2.28. The van der Waals surface area contributed by atoms with Crippen LogP contribution in [0.2, 0.25) is 0 Å². The van der Waals surface area contributed by atoms with E-state index in [0.717, 1.165) is 17.1 Å². The summed E-state index contributed by atoms with van der Waals surface area (Å²) in [6, 6.07) is 81.5. The molecule has 1 heterocycles. The van der Waals surface area contributed by atoms with E-state index in [1.807, 2.05) is 11.3 Å². The van der Waals surface area contributed by atoms with Crippen LogP contribution in [0.5, 0.6) is 0 Å². The Morgan fingerprint density at radius 2 is 0.607 bits per heavy atom. The van der Waals surface area contributed by atoms with Gasteiger partial charge in [0, 0.05) is 37.2 Å². The first-order chi connectivity index (χ1) is 27.7. The van der Waals surface area contributed by atoms with Crippen LogP contribution in [0.25, 0.3) is 75.8 Å². The van der Waals surface area contributed by atoms with Crippen LogP contribution in [0, 0.1) is 0 Å². The van der Waals surface area contributed by atoms with Gasteiger partial charge in [-0.15, -0.1) is 11.3 Å². The quantitative estimate of drug-likeness (QED) is 0.150. The molecule has 10 rings (SSSR count). The third-order valence-corrected chi connectivity index (χ3v) is 11.8. The Hall–Kier alpha value is -7.00. The zero-order chi connectivity index (χ0) is 37.3. The second kappa shape index (κ2) is 14.7. The molecule has 0 aliphatic carbocycles. The third kappa shape index (κ3) is 6.57. The van der Waals surface area contributed by atoms with Gasteiger partial charge in [0.05, 0.1) is 0 Å². The molecule has 0 saturated heterocycles. The molecule has 0 aliphatic heterocycles. The van der Waals surface area contributed by atoms with E-state index in [1.165, 1.54) is 75.8 Å². The highest BCUT2D eigenvalue weighted by molar-refractivity contribution is 7.25. The van der Waals surface area contributed by atoms with Crippen LogP contribution in [-0.2, 0) is 0 Å². The number of hydrogen-bond donors (Lipinski definition) is 0. The van der Waals surface area contributed by atoms with Crippen LogP contribution in [0.1, 0.15) is 0 Å². The molecule has 0 amide bonds. The number of anilines is 3. The van der Waals surface area contributed by atoms with E-state index in [0.29, 0.717) is 0 Å². The molecular weight excluding hydrogens is 695 g/mol. The molecular formula is C54H37NS. The second-order valence-corrected chi connectivity index (χ2v) is 15.3. The van der Waals surface area contributed by atoms with Crippen molar-refractivity contribution in [2.45, 2.75) is 0 Å². The SMILES string of the molecule is c1ccc(-c2cc(-c3ccccc3)cc(N(c3ccc(-c4ccc5sc6ccccc6c5c4)cc3)c3cc(-c4ccccc4)cc(-c4ccccc4)c3)c2)cc1. The molecule has 0 unspecified atom stereocenters. The molecule has 0 N–H and O–H groups in total. The van der Waals surface area contributed by atoms with Crippen LogP contribution in [-0.4, -0.2) is 0 Å². The summed E-state index contributed by atoms with van der Waals surface area (Å²) in [7, 11) is 0. The first kappa shape index (κ1) is 33.6. The van der Waals surface area contributed by atoms with Gasteiger partial charge in [0.25, 0.3) is 0 Å². The highest BCUT2D eigenvalue weighted by Gasteiger charge is 2.19. The van der Waals surface area contributed by atoms with Gasteiger partial charge in [0.1, 0.15) is 0 Å². The smallest absolute Gasteiger partial charge is 0.0473 e. The molecule has 9 aromatic carbocycles. The summed E-state index contributed by atoms with van der Waals surface area (Å²) >= 11 is 1.86. The Morgan fingerprint density at radius 3 is 1.07 bits per heavy atom. The van der Waals surface area contributed by atoms with Gasteiger partial charge < -0.3 is 4.90 Å². The van der Waals surface area contributed by atoms with Gasteiger partial charge in [-0.05, 0) is 122 Å². The van der Waals surface area contributed by atoms with E-state index < -0.39 is 0 Å². The topological polar surface area (TPSA) is 3.24 Å². The Bertz CT molecular complexity index is 2690. The number of thiophene rings is 1. The Balaban J connectivity index is 1.18. The summed E-state index contributed by atoms with van der Waals surface area (Å²) in [5.41, 5.74) is 15.1. The largest absolute Gasteiger partial charge is 0.310 e. The lowest BCUT2D eigenvalue weighted by Crippen LogP contribution is -2.11. The first-order valence-corrected chi connectivity index (χ1v) is 19.9. The van der Waals surface area contributed by atoms with Crippen molar-refractivity contribution >= 4 is 48.6 Å². The fourth-order valence-electron chi connectivity index (χ4n) is 7.83. The Morgan fingerprint density at radius 1 is 0.232 bits per heavy atom. The minimum absolute atomic E-state index is 1.09. The summed E-state index contributed by atoms with van der Waals surface area (Å²) in [6.07, 6.45) is 0. The summed E-state index contributed by atoms with van der Waals surface area (Å²) < 4.78 is 2.64. The van der Waals surface area contributed by atoms with E-state index in [1.54, 1.807) is 0 Å². The van der Waals surface area contributed by atoms with E-state index in [4.69, 9.17) is 0 Å². The molecule has 264 valence electrons. The minimum atomic E-state index is 1.09. The minimum Gasteiger partial charge on any atom is -0.310 e. The number of nitrogens with zero attached hydrogens (tertiary/aromatic N) is 1. The van der Waals surface area contributed by atoms with Gasteiger partial charge in [-0.1, -0.05) is 158 Å². The molecule has 1 nitrogen and oxygen atoms in total. The maximum Gasteiger partial charge on any atom is 0.0473 e. The van der Waals surface area contributed by atoms with E-state index in [9.17, 15) is 0 Å². The summed E-state index contributed by atoms with van der Waals surface area (Å²) in [6.45, 7) is 0. The molecule has 0 aliphatic rings. The molecule has 0 saturated carbocycles. The van der Waals surface area contributed by atoms with Gasteiger partial charge in [-0.3, -0.25) is 0 Å². The average molecular weight is 732 g/mol. The molecule has 0 atom stereocenters. The van der Waals surface area contributed by atoms with Crippen LogP contribution in [0.4, 0.5) is 17.1 Å². The van der Waals surface area contributed by atoms with Crippen molar-refractivity contribution in [1.82, 2.24) is 0 Å². The zero-order valence-corrected chi connectivity index (χ0v) is 31.5. The molecule has 0 radical (unpaired) electrons. The van der Waals surface area contributed by atoms with Crippen molar-refractivity contribution in [2.75, 3.05) is 4.90 Å². The standard InChI is InChI=1S/C54H37NS/c1-5-15-38(16-6-1)44-31-45(39-17-7-2-8-18-39)34-49(33-44)55(50-35-46(40-19-9-3-10-20-40)32-47(36-50)41-21-11-4-12-22-41)48-28-25-42(26-29-48)43-27-30-54-52(37-43)51-23-13-14-24-53(51)56-54/h1-37H.